The molecule has 11 nitrogen and oxygen atoms in total. The van der Waals surface area contributed by atoms with Crippen molar-refractivity contribution in [2.45, 2.75) is 58.4 Å². The number of halogens is 3. The molecule has 0 aliphatic heterocycles. The van der Waals surface area contributed by atoms with Gasteiger partial charge in [0.15, 0.2) is 0 Å². The van der Waals surface area contributed by atoms with Crippen molar-refractivity contribution < 1.29 is 22.7 Å². The fraction of sp³-hybridized carbons (Fsp3) is 0.323. The third-order valence-electron chi connectivity index (χ3n) is 6.68. The first-order valence-electron chi connectivity index (χ1n) is 14.1. The van der Waals surface area contributed by atoms with Crippen LogP contribution in [0, 0.1) is 11.3 Å². The molecule has 0 unspecified atom stereocenters. The van der Waals surface area contributed by atoms with Gasteiger partial charge in [-0.25, -0.2) is 18.8 Å². The van der Waals surface area contributed by atoms with Crippen LogP contribution in [0.2, 0.25) is 0 Å². The molecular formula is C31H32F3N7O4. The molecule has 0 atom stereocenters. The number of benzene rings is 2. The lowest BCUT2D eigenvalue weighted by Gasteiger charge is -2.19. The largest absolute Gasteiger partial charge is 0.444 e. The number of carbonyl (C=O) groups is 1. The average molecular weight is 624 g/mol. The number of carbonyl (C=O) groups excluding carboxylic acids is 1. The minimum atomic E-state index is -4.69. The van der Waals surface area contributed by atoms with Gasteiger partial charge in [0, 0.05) is 13.1 Å². The summed E-state index contributed by atoms with van der Waals surface area (Å²) in [6.07, 6.45) is -2.48. The number of unbranched alkanes of at least 4 members (excludes halogenated alkanes) is 2. The van der Waals surface area contributed by atoms with Crippen LogP contribution < -0.4 is 22.3 Å². The summed E-state index contributed by atoms with van der Waals surface area (Å²) in [4.78, 5) is 39.5. The Morgan fingerprint density at radius 3 is 2.38 bits per heavy atom. The van der Waals surface area contributed by atoms with Gasteiger partial charge >= 0.3 is 18.0 Å². The zero-order valence-corrected chi connectivity index (χ0v) is 24.9. The first-order chi connectivity index (χ1) is 21.2. The van der Waals surface area contributed by atoms with Crippen LogP contribution in [0.4, 0.5) is 23.8 Å². The molecule has 2 aromatic heterocycles. The van der Waals surface area contributed by atoms with E-state index in [4.69, 9.17) is 15.7 Å². The van der Waals surface area contributed by atoms with E-state index in [-0.39, 0.29) is 29.3 Å². The molecular weight excluding hydrogens is 591 g/mol. The summed E-state index contributed by atoms with van der Waals surface area (Å²) in [7, 11) is 0. The highest BCUT2D eigenvalue weighted by molar-refractivity contribution is 5.73. The van der Waals surface area contributed by atoms with E-state index in [1.807, 2.05) is 6.07 Å². The van der Waals surface area contributed by atoms with Gasteiger partial charge in [-0.05, 0) is 88.6 Å². The molecule has 0 radical (unpaired) electrons. The number of aromatic nitrogens is 4. The fourth-order valence-electron chi connectivity index (χ4n) is 4.63. The monoisotopic (exact) mass is 623 g/mol. The normalized spacial score (nSPS) is 11.7. The third kappa shape index (κ3) is 7.61. The van der Waals surface area contributed by atoms with Gasteiger partial charge in [-0.3, -0.25) is 9.36 Å². The number of nitrogens with zero attached hydrogens (tertiary/aromatic N) is 5. The summed E-state index contributed by atoms with van der Waals surface area (Å²) in [5.41, 5.74) is 3.89. The number of nitrogen functional groups attached to an aromatic ring is 1. The van der Waals surface area contributed by atoms with E-state index in [0.717, 1.165) is 27.3 Å². The molecule has 0 spiro atoms. The third-order valence-corrected chi connectivity index (χ3v) is 6.68. The Balaban J connectivity index is 1.74. The number of nitriles is 1. The van der Waals surface area contributed by atoms with Crippen molar-refractivity contribution >= 4 is 11.9 Å². The number of nitrogens with one attached hydrogen (secondary N) is 1. The van der Waals surface area contributed by atoms with Crippen LogP contribution in [-0.2, 0) is 17.5 Å². The topological polar surface area (TPSA) is 150 Å². The van der Waals surface area contributed by atoms with Gasteiger partial charge in [0.2, 0.25) is 0 Å². The van der Waals surface area contributed by atoms with Gasteiger partial charge in [-0.15, -0.1) is 0 Å². The lowest BCUT2D eigenvalue weighted by molar-refractivity contribution is -0.137. The molecule has 1 amide bonds. The fourth-order valence-corrected chi connectivity index (χ4v) is 4.63. The molecule has 14 heteroatoms. The van der Waals surface area contributed by atoms with Crippen LogP contribution >= 0.6 is 0 Å². The van der Waals surface area contributed by atoms with Crippen LogP contribution in [0.1, 0.15) is 51.2 Å². The van der Waals surface area contributed by atoms with Gasteiger partial charge < -0.3 is 15.8 Å². The summed E-state index contributed by atoms with van der Waals surface area (Å²) in [6.45, 7) is 5.47. The Morgan fingerprint density at radius 2 is 1.73 bits per heavy atom. The Morgan fingerprint density at radius 1 is 1.02 bits per heavy atom. The highest BCUT2D eigenvalue weighted by Crippen LogP contribution is 2.31. The Kier molecular flexibility index (Phi) is 9.51. The van der Waals surface area contributed by atoms with Crippen LogP contribution in [0.15, 0.2) is 70.4 Å². The van der Waals surface area contributed by atoms with Crippen molar-refractivity contribution in [2.24, 2.45) is 0 Å². The Hall–Kier alpha value is -5.32. The quantitative estimate of drug-likeness (QED) is 0.249. The summed E-state index contributed by atoms with van der Waals surface area (Å²) >= 11 is 0. The zero-order chi connectivity index (χ0) is 32.9. The highest BCUT2D eigenvalue weighted by Gasteiger charge is 2.31. The van der Waals surface area contributed by atoms with Crippen molar-refractivity contribution in [3.05, 3.63) is 92.8 Å². The van der Waals surface area contributed by atoms with Crippen LogP contribution in [0.3, 0.4) is 0 Å². The van der Waals surface area contributed by atoms with Gasteiger partial charge in [-0.1, -0.05) is 6.07 Å². The Bertz CT molecular complexity index is 1840. The number of nitrogens with two attached hydrogens (primary N) is 1. The van der Waals surface area contributed by atoms with E-state index < -0.39 is 34.7 Å². The lowest BCUT2D eigenvalue weighted by atomic mass is 10.1. The number of rotatable bonds is 9. The molecule has 0 aliphatic rings. The van der Waals surface area contributed by atoms with Crippen molar-refractivity contribution in [1.29, 1.82) is 5.26 Å². The second kappa shape index (κ2) is 13.1. The highest BCUT2D eigenvalue weighted by atomic mass is 19.4. The van der Waals surface area contributed by atoms with Crippen molar-refractivity contribution in [3.8, 4) is 28.7 Å². The smallest absolute Gasteiger partial charge is 0.416 e. The molecule has 0 aliphatic carbocycles. The van der Waals surface area contributed by atoms with E-state index >= 15 is 0 Å². The van der Waals surface area contributed by atoms with E-state index in [2.05, 4.69) is 10.4 Å². The standard InChI is InChI=1S/C31H32F3N7O4/c1-30(2,3)45-28(43)37-15-5-4-6-17-39-27(42)25(24-14-16-38-41(24)22-12-10-20(19-35)11-13-22)26(36)40(29(39)44)23-9-7-8-21(18-23)31(32,33)34/h7-14,16,18H,4-6,15,17,36H2,1-3H3,(H,37,43). The van der Waals surface area contributed by atoms with Gasteiger partial charge in [0.1, 0.15) is 17.0 Å². The second-order valence-corrected chi connectivity index (χ2v) is 11.2. The molecule has 236 valence electrons. The molecule has 3 N–H and O–H groups in total. The Labute approximate surface area is 256 Å². The number of alkyl halides is 3. The zero-order valence-electron chi connectivity index (χ0n) is 24.9. The maximum atomic E-state index is 13.9. The number of alkyl carbamates (subject to hydrolysis) is 1. The first-order valence-corrected chi connectivity index (χ1v) is 14.1. The number of ether oxygens (including phenoxy) is 1. The molecule has 2 heterocycles. The molecule has 45 heavy (non-hydrogen) atoms. The number of hydrogen-bond donors (Lipinski definition) is 2. The average Bonchev–Trinajstić information content (AvgIpc) is 3.44. The molecule has 0 fully saturated rings. The van der Waals surface area contributed by atoms with E-state index in [1.165, 1.54) is 23.0 Å². The second-order valence-electron chi connectivity index (χ2n) is 11.2. The SMILES string of the molecule is CC(C)(C)OC(=O)NCCCCCn1c(=O)c(-c2ccnn2-c2ccc(C#N)cc2)c(N)n(-c2cccc(C(F)(F)F)c2)c1=O. The number of amides is 1. The van der Waals surface area contributed by atoms with Crippen LogP contribution in [-0.4, -0.2) is 37.2 Å². The molecule has 4 rings (SSSR count). The molecule has 2 aromatic carbocycles. The van der Waals surface area contributed by atoms with Crippen LogP contribution in [0.5, 0.6) is 0 Å². The van der Waals surface area contributed by atoms with Crippen molar-refractivity contribution in [1.82, 2.24) is 24.2 Å². The van der Waals surface area contributed by atoms with Gasteiger partial charge in [-0.2, -0.15) is 23.5 Å². The minimum Gasteiger partial charge on any atom is -0.444 e. The summed E-state index contributed by atoms with van der Waals surface area (Å²) in [5, 5.41) is 16.1. The lowest BCUT2D eigenvalue weighted by Crippen LogP contribution is -2.41. The summed E-state index contributed by atoms with van der Waals surface area (Å²) < 4.78 is 49.2. The predicted octanol–water partition coefficient (Wildman–Crippen LogP) is 5.02. The molecule has 0 saturated heterocycles. The van der Waals surface area contributed by atoms with Crippen molar-refractivity contribution in [2.75, 3.05) is 12.3 Å². The minimum absolute atomic E-state index is 0.0681. The molecule has 0 saturated carbocycles. The maximum Gasteiger partial charge on any atom is 0.416 e. The molecule has 0 bridgehead atoms. The van der Waals surface area contributed by atoms with E-state index in [0.29, 0.717) is 37.1 Å². The van der Waals surface area contributed by atoms with Gasteiger partial charge in [0.05, 0.1) is 40.5 Å². The summed E-state index contributed by atoms with van der Waals surface area (Å²) in [6, 6.07) is 14.0. The van der Waals surface area contributed by atoms with E-state index in [1.54, 1.807) is 45.0 Å². The van der Waals surface area contributed by atoms with Gasteiger partial charge in [0.25, 0.3) is 5.56 Å². The first kappa shape index (κ1) is 32.6. The van der Waals surface area contributed by atoms with Crippen LogP contribution in [0.25, 0.3) is 22.6 Å². The van der Waals surface area contributed by atoms with E-state index in [9.17, 15) is 27.6 Å². The number of anilines is 1. The molecule has 4 aromatic rings. The maximum absolute atomic E-state index is 13.9. The number of hydrogen-bond acceptors (Lipinski definition) is 7. The predicted molar refractivity (Wildman–Crippen MR) is 161 cm³/mol. The summed E-state index contributed by atoms with van der Waals surface area (Å²) in [5.74, 6) is -0.363. The van der Waals surface area contributed by atoms with Crippen molar-refractivity contribution in [3.63, 3.8) is 0 Å².